The Hall–Kier alpha value is -0.540. The van der Waals surface area contributed by atoms with E-state index in [4.69, 9.17) is 14.9 Å². The van der Waals surface area contributed by atoms with Crippen molar-refractivity contribution in [2.24, 2.45) is 0 Å². The van der Waals surface area contributed by atoms with Gasteiger partial charge in [-0.25, -0.2) is 0 Å². The van der Waals surface area contributed by atoms with E-state index >= 15 is 0 Å². The van der Waals surface area contributed by atoms with E-state index in [9.17, 15) is 0 Å². The number of hydrogen-bond acceptors (Lipinski definition) is 3. The van der Waals surface area contributed by atoms with Crippen LogP contribution in [-0.4, -0.2) is 30.0 Å². The highest BCUT2D eigenvalue weighted by molar-refractivity contribution is 4.76. The van der Waals surface area contributed by atoms with E-state index in [0.29, 0.717) is 0 Å². The van der Waals surface area contributed by atoms with Crippen molar-refractivity contribution in [3.05, 3.63) is 12.3 Å². The van der Waals surface area contributed by atoms with Gasteiger partial charge >= 0.3 is 0 Å². The van der Waals surface area contributed by atoms with E-state index in [1.165, 1.54) is 12.8 Å². The molecule has 3 nitrogen and oxygen atoms in total. The summed E-state index contributed by atoms with van der Waals surface area (Å²) in [6.07, 6.45) is 8.78. The lowest BCUT2D eigenvalue weighted by atomic mass is 10.2. The standard InChI is InChI=1S/C5H12O2.C5H8O/c6-4-2-1-3-5-7;1-2-4-6-5-3-1/h6-7H,1-5H2;2,4H,1,3,5H2. The van der Waals surface area contributed by atoms with E-state index < -0.39 is 0 Å². The zero-order valence-corrected chi connectivity index (χ0v) is 8.11. The van der Waals surface area contributed by atoms with E-state index in [1.54, 1.807) is 6.26 Å². The summed E-state index contributed by atoms with van der Waals surface area (Å²) in [7, 11) is 0. The molecule has 0 atom stereocenters. The molecular formula is C10H20O3. The van der Waals surface area contributed by atoms with Gasteiger partial charge in [0, 0.05) is 13.2 Å². The molecule has 0 spiro atoms. The monoisotopic (exact) mass is 188 g/mol. The summed E-state index contributed by atoms with van der Waals surface area (Å²) < 4.78 is 4.89. The average Bonchev–Trinajstić information content (AvgIpc) is 2.22. The molecule has 2 N–H and O–H groups in total. The van der Waals surface area contributed by atoms with Crippen LogP contribution in [-0.2, 0) is 4.74 Å². The minimum absolute atomic E-state index is 0.250. The average molecular weight is 188 g/mol. The summed E-state index contributed by atoms with van der Waals surface area (Å²) >= 11 is 0. The minimum atomic E-state index is 0.250. The van der Waals surface area contributed by atoms with Crippen molar-refractivity contribution >= 4 is 0 Å². The number of ether oxygens (including phenoxy) is 1. The van der Waals surface area contributed by atoms with Crippen LogP contribution in [0.4, 0.5) is 0 Å². The van der Waals surface area contributed by atoms with Crippen molar-refractivity contribution in [1.29, 1.82) is 0 Å². The van der Waals surface area contributed by atoms with Crippen LogP contribution in [0.3, 0.4) is 0 Å². The Morgan fingerprint density at radius 1 is 1.08 bits per heavy atom. The quantitative estimate of drug-likeness (QED) is 0.656. The topological polar surface area (TPSA) is 49.7 Å². The zero-order chi connectivity index (χ0) is 9.78. The molecule has 0 saturated carbocycles. The van der Waals surface area contributed by atoms with Crippen molar-refractivity contribution < 1.29 is 14.9 Å². The number of aliphatic hydroxyl groups excluding tert-OH is 2. The Morgan fingerprint density at radius 2 is 1.77 bits per heavy atom. The number of hydrogen-bond donors (Lipinski definition) is 2. The molecule has 0 unspecified atom stereocenters. The van der Waals surface area contributed by atoms with Crippen LogP contribution in [0.25, 0.3) is 0 Å². The summed E-state index contributed by atoms with van der Waals surface area (Å²) in [5, 5.41) is 16.4. The van der Waals surface area contributed by atoms with Gasteiger partial charge in [0.05, 0.1) is 12.9 Å². The molecule has 0 aliphatic carbocycles. The van der Waals surface area contributed by atoms with Gasteiger partial charge in [0.15, 0.2) is 0 Å². The summed E-state index contributed by atoms with van der Waals surface area (Å²) in [4.78, 5) is 0. The second kappa shape index (κ2) is 11.5. The van der Waals surface area contributed by atoms with Crippen molar-refractivity contribution in [3.63, 3.8) is 0 Å². The smallest absolute Gasteiger partial charge is 0.0876 e. The highest BCUT2D eigenvalue weighted by Gasteiger charge is 1.86. The van der Waals surface area contributed by atoms with Gasteiger partial charge in [0.2, 0.25) is 0 Å². The Kier molecular flexibility index (Phi) is 11.0. The van der Waals surface area contributed by atoms with Crippen molar-refractivity contribution in [2.45, 2.75) is 32.1 Å². The summed E-state index contributed by atoms with van der Waals surface area (Å²) in [6, 6.07) is 0. The van der Waals surface area contributed by atoms with Crippen molar-refractivity contribution in [3.8, 4) is 0 Å². The molecule has 1 aliphatic rings. The number of rotatable bonds is 4. The van der Waals surface area contributed by atoms with Crippen LogP contribution in [0.2, 0.25) is 0 Å². The van der Waals surface area contributed by atoms with Gasteiger partial charge in [0.1, 0.15) is 0 Å². The first kappa shape index (κ1) is 12.5. The molecule has 0 aromatic carbocycles. The molecule has 0 aromatic heterocycles. The van der Waals surface area contributed by atoms with Crippen LogP contribution in [0.1, 0.15) is 32.1 Å². The van der Waals surface area contributed by atoms with Gasteiger partial charge in [-0.05, 0) is 38.2 Å². The highest BCUT2D eigenvalue weighted by atomic mass is 16.5. The largest absolute Gasteiger partial charge is 0.502 e. The molecule has 1 rings (SSSR count). The SMILES string of the molecule is C1=COCCC1.OCCCCCO. The Balaban J connectivity index is 0.000000223. The molecule has 1 heterocycles. The molecule has 0 saturated heterocycles. The highest BCUT2D eigenvalue weighted by Crippen LogP contribution is 1.97. The van der Waals surface area contributed by atoms with E-state index in [1.807, 2.05) is 6.08 Å². The number of aliphatic hydroxyl groups is 2. The molecule has 13 heavy (non-hydrogen) atoms. The first-order valence-corrected chi connectivity index (χ1v) is 4.90. The van der Waals surface area contributed by atoms with E-state index in [0.717, 1.165) is 25.9 Å². The lowest BCUT2D eigenvalue weighted by molar-refractivity contribution is 0.231. The fourth-order valence-corrected chi connectivity index (χ4v) is 0.889. The minimum Gasteiger partial charge on any atom is -0.502 e. The lowest BCUT2D eigenvalue weighted by Gasteiger charge is -2.01. The lowest BCUT2D eigenvalue weighted by Crippen LogP contribution is -1.90. The second-order valence-corrected chi connectivity index (χ2v) is 2.89. The molecule has 3 heteroatoms. The number of allylic oxidation sites excluding steroid dienone is 1. The van der Waals surface area contributed by atoms with E-state index in [2.05, 4.69) is 0 Å². The molecule has 0 amide bonds. The third kappa shape index (κ3) is 11.5. The molecular weight excluding hydrogens is 168 g/mol. The third-order valence-corrected chi connectivity index (χ3v) is 1.64. The maximum atomic E-state index is 8.21. The van der Waals surface area contributed by atoms with Crippen LogP contribution in [0, 0.1) is 0 Å². The van der Waals surface area contributed by atoms with Gasteiger partial charge in [-0.2, -0.15) is 0 Å². The summed E-state index contributed by atoms with van der Waals surface area (Å²) in [5.41, 5.74) is 0. The maximum absolute atomic E-state index is 8.21. The van der Waals surface area contributed by atoms with Crippen LogP contribution >= 0.6 is 0 Å². The van der Waals surface area contributed by atoms with Gasteiger partial charge in [-0.1, -0.05) is 0 Å². The zero-order valence-electron chi connectivity index (χ0n) is 8.11. The summed E-state index contributed by atoms with van der Waals surface area (Å²) in [6.45, 7) is 1.41. The van der Waals surface area contributed by atoms with Crippen molar-refractivity contribution in [2.75, 3.05) is 19.8 Å². The molecule has 0 bridgehead atoms. The van der Waals surface area contributed by atoms with Gasteiger partial charge < -0.3 is 14.9 Å². The predicted octanol–water partition coefficient (Wildman–Crippen LogP) is 1.45. The molecule has 78 valence electrons. The van der Waals surface area contributed by atoms with Gasteiger partial charge in [-0.3, -0.25) is 0 Å². The van der Waals surface area contributed by atoms with Crippen LogP contribution in [0.15, 0.2) is 12.3 Å². The maximum Gasteiger partial charge on any atom is 0.0876 e. The molecule has 1 aliphatic heterocycles. The normalized spacial score (nSPS) is 14.3. The first-order valence-electron chi connectivity index (χ1n) is 4.90. The second-order valence-electron chi connectivity index (χ2n) is 2.89. The summed E-state index contributed by atoms with van der Waals surface area (Å²) in [5.74, 6) is 0. The fourth-order valence-electron chi connectivity index (χ4n) is 0.889. The van der Waals surface area contributed by atoms with Crippen LogP contribution in [0.5, 0.6) is 0 Å². The third-order valence-electron chi connectivity index (χ3n) is 1.64. The fraction of sp³-hybridized carbons (Fsp3) is 0.800. The predicted molar refractivity (Wildman–Crippen MR) is 52.3 cm³/mol. The number of unbranched alkanes of at least 4 members (excludes halogenated alkanes) is 2. The van der Waals surface area contributed by atoms with Gasteiger partial charge in [0.25, 0.3) is 0 Å². The van der Waals surface area contributed by atoms with Crippen molar-refractivity contribution in [1.82, 2.24) is 0 Å². The molecule has 0 radical (unpaired) electrons. The van der Waals surface area contributed by atoms with Crippen LogP contribution < -0.4 is 0 Å². The Bertz CT molecular complexity index is 101. The Labute approximate surface area is 80.0 Å². The van der Waals surface area contributed by atoms with Gasteiger partial charge in [-0.15, -0.1) is 0 Å². The Morgan fingerprint density at radius 3 is 2.00 bits per heavy atom. The molecule has 0 fully saturated rings. The first-order chi connectivity index (χ1) is 6.41. The molecule has 0 aromatic rings. The van der Waals surface area contributed by atoms with E-state index in [-0.39, 0.29) is 13.2 Å².